The van der Waals surface area contributed by atoms with Gasteiger partial charge in [-0.25, -0.2) is 4.79 Å². The quantitative estimate of drug-likeness (QED) is 0.312. The van der Waals surface area contributed by atoms with Crippen LogP contribution in [0, 0.1) is 5.92 Å². The van der Waals surface area contributed by atoms with Crippen LogP contribution in [0.3, 0.4) is 0 Å². The van der Waals surface area contributed by atoms with Crippen molar-refractivity contribution in [2.24, 2.45) is 5.92 Å². The average molecular weight is 467 g/mol. The molecule has 9 heteroatoms. The molecule has 2 aromatic carbocycles. The number of carbonyl (C=O) groups excluding carboxylic acids is 1. The van der Waals surface area contributed by atoms with E-state index >= 15 is 0 Å². The van der Waals surface area contributed by atoms with Crippen LogP contribution in [0.15, 0.2) is 46.0 Å². The van der Waals surface area contributed by atoms with Crippen LogP contribution in [0.1, 0.15) is 42.1 Å². The molecule has 0 aliphatic carbocycles. The van der Waals surface area contributed by atoms with Crippen LogP contribution in [0.5, 0.6) is 11.5 Å². The van der Waals surface area contributed by atoms with Crippen LogP contribution in [-0.2, 0) is 6.54 Å². The Morgan fingerprint density at radius 3 is 2.59 bits per heavy atom. The van der Waals surface area contributed by atoms with Gasteiger partial charge >= 0.3 is 5.69 Å². The van der Waals surface area contributed by atoms with Gasteiger partial charge in [-0.05, 0) is 80.7 Å². The molecule has 1 amide bonds. The number of aromatic amines is 1. The lowest BCUT2D eigenvalue weighted by atomic mass is 9.99. The third-order valence-electron chi connectivity index (χ3n) is 6.44. The number of rotatable bonds is 7. The zero-order valence-corrected chi connectivity index (χ0v) is 19.2. The molecule has 2 heterocycles. The fraction of sp³-hybridized carbons (Fsp3) is 0.400. The second-order valence-electron chi connectivity index (χ2n) is 9.04. The Hall–Kier alpha value is -3.59. The van der Waals surface area contributed by atoms with Gasteiger partial charge in [-0.1, -0.05) is 13.0 Å². The minimum absolute atomic E-state index is 0.0733. The summed E-state index contributed by atoms with van der Waals surface area (Å²) in [6.07, 6.45) is 3.31. The molecule has 0 radical (unpaired) electrons. The molecule has 0 spiro atoms. The number of nitrogens with zero attached hydrogens (tertiary/aromatic N) is 2. The van der Waals surface area contributed by atoms with E-state index in [0.717, 1.165) is 36.5 Å². The maximum absolute atomic E-state index is 12.9. The topological polar surface area (TPSA) is 128 Å². The van der Waals surface area contributed by atoms with Gasteiger partial charge in [-0.2, -0.15) is 0 Å². The average Bonchev–Trinajstić information content (AvgIpc) is 2.82. The zero-order valence-electron chi connectivity index (χ0n) is 19.2. The third kappa shape index (κ3) is 5.31. The number of likely N-dealkylation sites (tertiary alicyclic amines) is 1. The number of benzene rings is 2. The highest BCUT2D eigenvalue weighted by atomic mass is 16.3. The molecule has 0 atom stereocenters. The van der Waals surface area contributed by atoms with Gasteiger partial charge in [-0.15, -0.1) is 0 Å². The van der Waals surface area contributed by atoms with Crippen LogP contribution in [0.4, 0.5) is 0 Å². The largest absolute Gasteiger partial charge is 0.504 e. The molecule has 1 aromatic heterocycles. The summed E-state index contributed by atoms with van der Waals surface area (Å²) in [7, 11) is 0. The van der Waals surface area contributed by atoms with E-state index in [1.165, 1.54) is 43.2 Å². The minimum Gasteiger partial charge on any atom is -0.504 e. The molecule has 1 fully saturated rings. The molecule has 0 saturated carbocycles. The number of aromatic hydroxyl groups is 2. The summed E-state index contributed by atoms with van der Waals surface area (Å²) in [6, 6.07) is 8.72. The summed E-state index contributed by atoms with van der Waals surface area (Å²) in [4.78, 5) is 43.1. The zero-order chi connectivity index (χ0) is 24.2. The maximum atomic E-state index is 12.9. The number of hydrogen-bond donors (Lipinski definition) is 4. The molecule has 180 valence electrons. The first kappa shape index (κ1) is 23.6. The number of phenols is 2. The van der Waals surface area contributed by atoms with E-state index in [-0.39, 0.29) is 34.9 Å². The van der Waals surface area contributed by atoms with Gasteiger partial charge in [0.25, 0.3) is 11.5 Å². The predicted molar refractivity (Wildman–Crippen MR) is 129 cm³/mol. The Balaban J connectivity index is 1.42. The van der Waals surface area contributed by atoms with Gasteiger partial charge in [0.05, 0.1) is 17.4 Å². The van der Waals surface area contributed by atoms with Gasteiger partial charge in [-0.3, -0.25) is 14.2 Å². The summed E-state index contributed by atoms with van der Waals surface area (Å²) >= 11 is 0. The molecule has 3 aromatic rings. The van der Waals surface area contributed by atoms with Crippen molar-refractivity contribution in [2.45, 2.75) is 32.7 Å². The number of piperidine rings is 1. The number of amides is 1. The molecule has 0 unspecified atom stereocenters. The molecule has 1 aliphatic rings. The number of hydrogen-bond acceptors (Lipinski definition) is 6. The Morgan fingerprint density at radius 2 is 1.85 bits per heavy atom. The van der Waals surface area contributed by atoms with Crippen LogP contribution >= 0.6 is 0 Å². The number of H-pyrrole nitrogens is 1. The van der Waals surface area contributed by atoms with E-state index in [2.05, 4.69) is 22.1 Å². The molecule has 9 nitrogen and oxygen atoms in total. The molecule has 4 N–H and O–H groups in total. The molecule has 4 rings (SSSR count). The number of phenolic OH excluding ortho intramolecular Hbond substituents is 2. The van der Waals surface area contributed by atoms with Gasteiger partial charge in [0.2, 0.25) is 0 Å². The van der Waals surface area contributed by atoms with Crippen molar-refractivity contribution in [3.8, 4) is 11.5 Å². The van der Waals surface area contributed by atoms with Crippen molar-refractivity contribution >= 4 is 16.8 Å². The summed E-state index contributed by atoms with van der Waals surface area (Å²) in [5.74, 6) is -0.0706. The van der Waals surface area contributed by atoms with Crippen molar-refractivity contribution in [3.05, 3.63) is 68.4 Å². The summed E-state index contributed by atoms with van der Waals surface area (Å²) < 4.78 is 1.01. The van der Waals surface area contributed by atoms with Crippen molar-refractivity contribution in [2.75, 3.05) is 26.2 Å². The van der Waals surface area contributed by atoms with Crippen molar-refractivity contribution < 1.29 is 15.0 Å². The lowest BCUT2D eigenvalue weighted by molar-refractivity contribution is 0.0950. The Labute approximate surface area is 196 Å². The molecule has 1 saturated heterocycles. The number of fused-ring (bicyclic) bond motifs is 1. The van der Waals surface area contributed by atoms with Crippen LogP contribution in [0.25, 0.3) is 10.9 Å². The van der Waals surface area contributed by atoms with Gasteiger partial charge in [0.1, 0.15) is 0 Å². The highest BCUT2D eigenvalue weighted by Crippen LogP contribution is 2.25. The van der Waals surface area contributed by atoms with E-state index in [1.54, 1.807) is 6.07 Å². The second-order valence-corrected chi connectivity index (χ2v) is 9.04. The van der Waals surface area contributed by atoms with Crippen LogP contribution in [-0.4, -0.2) is 56.8 Å². The van der Waals surface area contributed by atoms with E-state index in [9.17, 15) is 24.6 Å². The van der Waals surface area contributed by atoms with E-state index in [4.69, 9.17) is 0 Å². The van der Waals surface area contributed by atoms with Gasteiger partial charge in [0, 0.05) is 12.1 Å². The van der Waals surface area contributed by atoms with Gasteiger partial charge < -0.3 is 25.4 Å². The van der Waals surface area contributed by atoms with Crippen molar-refractivity contribution in [3.63, 3.8) is 0 Å². The first-order chi connectivity index (χ1) is 16.3. The smallest absolute Gasteiger partial charge is 0.329 e. The summed E-state index contributed by atoms with van der Waals surface area (Å²) in [6.45, 7) is 5.94. The highest BCUT2D eigenvalue weighted by molar-refractivity contribution is 5.97. The maximum Gasteiger partial charge on any atom is 0.329 e. The van der Waals surface area contributed by atoms with Gasteiger partial charge in [0.15, 0.2) is 11.5 Å². The first-order valence-electron chi connectivity index (χ1n) is 11.6. The fourth-order valence-electron chi connectivity index (χ4n) is 4.28. The number of aromatic nitrogens is 2. The Kier molecular flexibility index (Phi) is 7.02. The van der Waals surface area contributed by atoms with Crippen molar-refractivity contribution in [1.29, 1.82) is 0 Å². The number of nitrogens with one attached hydrogen (secondary N) is 2. The molecule has 34 heavy (non-hydrogen) atoms. The van der Waals surface area contributed by atoms with E-state index < -0.39 is 11.2 Å². The van der Waals surface area contributed by atoms with Crippen LogP contribution < -0.4 is 16.6 Å². The minimum atomic E-state index is -0.626. The normalized spacial score (nSPS) is 15.0. The predicted octanol–water partition coefficient (Wildman–Crippen LogP) is 2.00. The fourth-order valence-corrected chi connectivity index (χ4v) is 4.28. The molecule has 0 bridgehead atoms. The van der Waals surface area contributed by atoms with E-state index in [0.29, 0.717) is 17.7 Å². The monoisotopic (exact) mass is 466 g/mol. The Morgan fingerprint density at radius 1 is 1.09 bits per heavy atom. The van der Waals surface area contributed by atoms with Crippen LogP contribution in [0.2, 0.25) is 0 Å². The number of carbonyl (C=O) groups is 1. The molecular weight excluding hydrogens is 436 g/mol. The summed E-state index contributed by atoms with van der Waals surface area (Å²) in [5.41, 5.74) is 0.00959. The lowest BCUT2D eigenvalue weighted by Crippen LogP contribution is -2.36. The SMILES string of the molecule is CC1CCN(CCCNC(=O)c2ccc3c(=O)n(Cc4ccc(O)c(O)c4)c(=O)[nH]c3c2)CC1. The van der Waals surface area contributed by atoms with Crippen molar-refractivity contribution in [1.82, 2.24) is 19.8 Å². The first-order valence-corrected chi connectivity index (χ1v) is 11.6. The lowest BCUT2D eigenvalue weighted by Gasteiger charge is -2.30. The standard InChI is InChI=1S/C25H30N4O5/c1-16-7-11-28(12-8-16)10-2-9-26-23(32)18-4-5-19-20(14-18)27-25(34)29(24(19)33)15-17-3-6-21(30)22(31)13-17/h3-6,13-14,16,30-31H,2,7-12,15H2,1H3,(H,26,32)(H,27,34). The summed E-state index contributed by atoms with van der Waals surface area (Å²) in [5, 5.41) is 22.3. The Bertz CT molecular complexity index is 1300. The molecule has 1 aliphatic heterocycles. The molecular formula is C25H30N4O5. The highest BCUT2D eigenvalue weighted by Gasteiger charge is 2.16. The third-order valence-corrected chi connectivity index (χ3v) is 6.44. The second kappa shape index (κ2) is 10.1. The van der Waals surface area contributed by atoms with E-state index in [1.807, 2.05) is 0 Å².